The maximum Gasteiger partial charge on any atom is 0.323 e. The van der Waals surface area contributed by atoms with E-state index < -0.39 is 12.1 Å². The van der Waals surface area contributed by atoms with Crippen molar-refractivity contribution in [1.29, 1.82) is 0 Å². The third-order valence-electron chi connectivity index (χ3n) is 10.4. The third kappa shape index (κ3) is 17.0. The van der Waals surface area contributed by atoms with Crippen LogP contribution >= 0.6 is 0 Å². The SMILES string of the molecule is CCCCOC(=O)C[C@H](NC1(C)CCC(CC2CCC(C)(N[C@@H](CC(=O)OCCCC)C(=O)OCCCC)CC2)CC1)C(=O)OCCCC. The van der Waals surface area contributed by atoms with Gasteiger partial charge in [-0.1, -0.05) is 53.4 Å². The minimum atomic E-state index is -0.706. The van der Waals surface area contributed by atoms with E-state index in [0.717, 1.165) is 103 Å². The first kappa shape index (κ1) is 43.0. The van der Waals surface area contributed by atoms with E-state index in [2.05, 4.69) is 38.3 Å². The second-order valence-corrected chi connectivity index (χ2v) is 15.2. The molecule has 10 heteroatoms. The Bertz CT molecular complexity index is 896. The number of hydrogen-bond acceptors (Lipinski definition) is 10. The summed E-state index contributed by atoms with van der Waals surface area (Å²) in [7, 11) is 0. The van der Waals surface area contributed by atoms with Crippen LogP contribution in [0.3, 0.4) is 0 Å². The molecule has 2 rings (SSSR count). The lowest BCUT2D eigenvalue weighted by molar-refractivity contribution is -0.153. The summed E-state index contributed by atoms with van der Waals surface area (Å²) < 4.78 is 21.8. The number of esters is 4. The third-order valence-corrected chi connectivity index (χ3v) is 10.4. The first-order valence-corrected chi connectivity index (χ1v) is 19.7. The molecular formula is C39H70N2O8. The molecule has 0 aromatic heterocycles. The monoisotopic (exact) mass is 695 g/mol. The Balaban J connectivity index is 1.89. The quantitative estimate of drug-likeness (QED) is 0.0601. The van der Waals surface area contributed by atoms with E-state index in [1.54, 1.807) is 0 Å². The number of nitrogens with one attached hydrogen (secondary N) is 2. The Morgan fingerprint density at radius 1 is 0.551 bits per heavy atom. The highest BCUT2D eigenvalue weighted by Gasteiger charge is 2.39. The molecule has 284 valence electrons. The average molecular weight is 695 g/mol. The van der Waals surface area contributed by atoms with E-state index in [1.165, 1.54) is 6.42 Å². The van der Waals surface area contributed by atoms with Gasteiger partial charge in [-0.15, -0.1) is 0 Å². The van der Waals surface area contributed by atoms with Gasteiger partial charge in [-0.3, -0.25) is 29.8 Å². The van der Waals surface area contributed by atoms with Gasteiger partial charge < -0.3 is 18.9 Å². The Morgan fingerprint density at radius 3 is 1.16 bits per heavy atom. The van der Waals surface area contributed by atoms with E-state index in [-0.39, 0.29) is 47.8 Å². The molecular weight excluding hydrogens is 624 g/mol. The Hall–Kier alpha value is -2.20. The summed E-state index contributed by atoms with van der Waals surface area (Å²) in [6.45, 7) is 14.0. The minimum Gasteiger partial charge on any atom is -0.466 e. The Kier molecular flexibility index (Phi) is 20.4. The molecule has 2 N–H and O–H groups in total. The molecule has 10 nitrogen and oxygen atoms in total. The van der Waals surface area contributed by atoms with E-state index in [1.807, 2.05) is 13.8 Å². The number of rotatable bonds is 24. The highest BCUT2D eigenvalue weighted by molar-refractivity contribution is 5.83. The van der Waals surface area contributed by atoms with Crippen LogP contribution in [-0.4, -0.2) is 73.5 Å². The summed E-state index contributed by atoms with van der Waals surface area (Å²) >= 11 is 0. The molecule has 0 aromatic rings. The van der Waals surface area contributed by atoms with Crippen molar-refractivity contribution in [1.82, 2.24) is 10.6 Å². The maximum atomic E-state index is 13.0. The number of unbranched alkanes of at least 4 members (excludes halogenated alkanes) is 4. The molecule has 0 saturated heterocycles. The predicted octanol–water partition coefficient (Wildman–Crippen LogP) is 7.34. The Labute approximate surface area is 297 Å². The fourth-order valence-corrected chi connectivity index (χ4v) is 7.04. The number of carbonyl (C=O) groups is 4. The van der Waals surface area contributed by atoms with Gasteiger partial charge in [0.1, 0.15) is 12.1 Å². The van der Waals surface area contributed by atoms with Crippen LogP contribution in [0.5, 0.6) is 0 Å². The smallest absolute Gasteiger partial charge is 0.323 e. The fraction of sp³-hybridized carbons (Fsp3) is 0.897. The molecule has 2 atom stereocenters. The summed E-state index contributed by atoms with van der Waals surface area (Å²) in [5.74, 6) is -0.223. The van der Waals surface area contributed by atoms with Crippen LogP contribution < -0.4 is 10.6 Å². The normalized spacial score (nSPS) is 25.2. The van der Waals surface area contributed by atoms with Crippen LogP contribution in [-0.2, 0) is 38.1 Å². The van der Waals surface area contributed by atoms with Gasteiger partial charge in [0, 0.05) is 11.1 Å². The van der Waals surface area contributed by atoms with Gasteiger partial charge in [-0.2, -0.15) is 0 Å². The summed E-state index contributed by atoms with van der Waals surface area (Å²) in [6.07, 6.45) is 16.1. The Morgan fingerprint density at radius 2 is 0.857 bits per heavy atom. The molecule has 0 amide bonds. The van der Waals surface area contributed by atoms with Crippen molar-refractivity contribution in [3.63, 3.8) is 0 Å². The van der Waals surface area contributed by atoms with Gasteiger partial charge in [-0.05, 0) is 109 Å². The molecule has 0 bridgehead atoms. The second kappa shape index (κ2) is 23.3. The molecule has 0 heterocycles. The molecule has 0 radical (unpaired) electrons. The minimum absolute atomic E-state index is 0.0140. The van der Waals surface area contributed by atoms with Gasteiger partial charge in [0.15, 0.2) is 0 Å². The molecule has 49 heavy (non-hydrogen) atoms. The van der Waals surface area contributed by atoms with Crippen LogP contribution in [0.25, 0.3) is 0 Å². The van der Waals surface area contributed by atoms with E-state index in [0.29, 0.717) is 38.3 Å². The van der Waals surface area contributed by atoms with Crippen LogP contribution in [0.1, 0.15) is 164 Å². The van der Waals surface area contributed by atoms with Crippen molar-refractivity contribution in [3.8, 4) is 0 Å². The topological polar surface area (TPSA) is 129 Å². The van der Waals surface area contributed by atoms with Crippen molar-refractivity contribution in [2.45, 2.75) is 187 Å². The lowest BCUT2D eigenvalue weighted by Crippen LogP contribution is -2.54. The van der Waals surface area contributed by atoms with Crippen LogP contribution in [0.2, 0.25) is 0 Å². The van der Waals surface area contributed by atoms with Gasteiger partial charge in [-0.25, -0.2) is 0 Å². The molecule has 2 aliphatic carbocycles. The van der Waals surface area contributed by atoms with E-state index in [4.69, 9.17) is 18.9 Å². The van der Waals surface area contributed by atoms with Crippen molar-refractivity contribution in [2.24, 2.45) is 11.8 Å². The van der Waals surface area contributed by atoms with Crippen molar-refractivity contribution >= 4 is 23.9 Å². The molecule has 0 aromatic carbocycles. The van der Waals surface area contributed by atoms with Crippen molar-refractivity contribution < 1.29 is 38.1 Å². The first-order chi connectivity index (χ1) is 23.5. The van der Waals surface area contributed by atoms with E-state index >= 15 is 0 Å². The molecule has 2 aliphatic rings. The molecule has 2 saturated carbocycles. The van der Waals surface area contributed by atoms with Crippen LogP contribution in [0.4, 0.5) is 0 Å². The zero-order chi connectivity index (χ0) is 36.1. The molecule has 2 fully saturated rings. The van der Waals surface area contributed by atoms with E-state index in [9.17, 15) is 19.2 Å². The zero-order valence-electron chi connectivity index (χ0n) is 31.8. The summed E-state index contributed by atoms with van der Waals surface area (Å²) in [6, 6.07) is -1.41. The summed E-state index contributed by atoms with van der Waals surface area (Å²) in [5.41, 5.74) is -0.496. The lowest BCUT2D eigenvalue weighted by Gasteiger charge is -2.43. The van der Waals surface area contributed by atoms with Crippen LogP contribution in [0.15, 0.2) is 0 Å². The second-order valence-electron chi connectivity index (χ2n) is 15.2. The summed E-state index contributed by atoms with van der Waals surface area (Å²) in [4.78, 5) is 51.1. The number of hydrogen-bond donors (Lipinski definition) is 2. The lowest BCUT2D eigenvalue weighted by atomic mass is 9.70. The van der Waals surface area contributed by atoms with Crippen molar-refractivity contribution in [2.75, 3.05) is 26.4 Å². The molecule has 0 spiro atoms. The van der Waals surface area contributed by atoms with Crippen molar-refractivity contribution in [3.05, 3.63) is 0 Å². The van der Waals surface area contributed by atoms with Crippen LogP contribution in [0, 0.1) is 11.8 Å². The molecule has 0 unspecified atom stereocenters. The zero-order valence-corrected chi connectivity index (χ0v) is 31.8. The predicted molar refractivity (Wildman–Crippen MR) is 192 cm³/mol. The number of ether oxygens (including phenoxy) is 4. The standard InChI is InChI=1S/C39H70N2O8/c1-7-11-23-46-34(42)28-32(36(44)48-25-13-9-3)40-38(5)19-15-30(16-20-38)27-31-17-21-39(6,22-18-31)41-33(37(45)49-26-14-10-4)29-35(43)47-24-12-8-2/h30-33,40-41H,7-29H2,1-6H3/t30?,31?,32-,33-,38?,39?/m0/s1. The van der Waals surface area contributed by atoms with Gasteiger partial charge in [0.05, 0.1) is 39.3 Å². The summed E-state index contributed by atoms with van der Waals surface area (Å²) in [5, 5.41) is 7.06. The highest BCUT2D eigenvalue weighted by atomic mass is 16.5. The first-order valence-electron chi connectivity index (χ1n) is 19.7. The molecule has 0 aliphatic heterocycles. The van der Waals surface area contributed by atoms with Gasteiger partial charge in [0.2, 0.25) is 0 Å². The average Bonchev–Trinajstić information content (AvgIpc) is 3.07. The van der Waals surface area contributed by atoms with Gasteiger partial charge >= 0.3 is 23.9 Å². The highest BCUT2D eigenvalue weighted by Crippen LogP contribution is 2.41. The largest absolute Gasteiger partial charge is 0.466 e. The maximum absolute atomic E-state index is 13.0. The van der Waals surface area contributed by atoms with Gasteiger partial charge in [0.25, 0.3) is 0 Å². The number of carbonyl (C=O) groups excluding carboxylic acids is 4. The fourth-order valence-electron chi connectivity index (χ4n) is 7.04.